The Morgan fingerprint density at radius 3 is 1.78 bits per heavy atom. The van der Waals surface area contributed by atoms with Crippen molar-refractivity contribution in [2.75, 3.05) is 6.79 Å². The third-order valence-corrected chi connectivity index (χ3v) is 2.56. The van der Waals surface area contributed by atoms with Gasteiger partial charge in [0.2, 0.25) is 0 Å². The Morgan fingerprint density at radius 1 is 1.11 bits per heavy atom. The summed E-state index contributed by atoms with van der Waals surface area (Å²) < 4.78 is 33.0. The molecule has 1 fully saturated rings. The Labute approximate surface area is 75.2 Å². The fourth-order valence-electron chi connectivity index (χ4n) is 0.253. The average molecular weight is 181 g/mol. The zero-order valence-electron chi connectivity index (χ0n) is 4.75. The van der Waals surface area contributed by atoms with Crippen LogP contribution in [0.2, 0.25) is 0 Å². The van der Waals surface area contributed by atoms with Gasteiger partial charge < -0.3 is 0 Å². The predicted molar refractivity (Wildman–Crippen MR) is 31.9 cm³/mol. The Morgan fingerprint density at radius 2 is 1.56 bits per heavy atom. The van der Waals surface area contributed by atoms with Crippen LogP contribution < -0.4 is 0 Å². The van der Waals surface area contributed by atoms with E-state index in [1.165, 1.54) is 0 Å². The van der Waals surface area contributed by atoms with E-state index in [2.05, 4.69) is 13.4 Å². The standard InChI is InChI=1S/CH4O5P2.Na/c2-7-4-1-5-8(3)6-7;/h7-8H,1H2;. The van der Waals surface area contributed by atoms with Gasteiger partial charge in [-0.15, -0.1) is 0 Å². The van der Waals surface area contributed by atoms with Crippen LogP contribution in [0.25, 0.3) is 0 Å². The number of hydrogen-bond donors (Lipinski definition) is 0. The minimum atomic E-state index is -2.48. The Kier molecular flexibility index (Phi) is 5.80. The van der Waals surface area contributed by atoms with Gasteiger partial charge in [0.15, 0.2) is 6.79 Å². The second-order valence-corrected chi connectivity index (χ2v) is 3.40. The van der Waals surface area contributed by atoms with Crippen molar-refractivity contribution in [3.63, 3.8) is 0 Å². The van der Waals surface area contributed by atoms with Crippen LogP contribution >= 0.6 is 16.5 Å². The van der Waals surface area contributed by atoms with Crippen LogP contribution in [0.3, 0.4) is 0 Å². The SMILES string of the molecule is O=[PH]1OCO[PH](=O)O1.[Na]. The number of rotatable bonds is 0. The molecule has 0 N–H and O–H groups in total. The fraction of sp³-hybridized carbons (Fsp3) is 1.00. The molecular weight excluding hydrogens is 177 g/mol. The smallest absolute Gasteiger partial charge is 0.282 e. The van der Waals surface area contributed by atoms with Gasteiger partial charge in [-0.2, -0.15) is 0 Å². The first kappa shape index (κ1) is 10.3. The maximum Gasteiger partial charge on any atom is 0.328 e. The molecule has 9 heavy (non-hydrogen) atoms. The van der Waals surface area contributed by atoms with Gasteiger partial charge in [-0.1, -0.05) is 0 Å². The summed E-state index contributed by atoms with van der Waals surface area (Å²) in [6, 6.07) is 0. The van der Waals surface area contributed by atoms with Gasteiger partial charge in [0.25, 0.3) is 0 Å². The van der Waals surface area contributed by atoms with E-state index in [0.717, 1.165) is 0 Å². The maximum atomic E-state index is 10.2. The van der Waals surface area contributed by atoms with E-state index in [4.69, 9.17) is 0 Å². The van der Waals surface area contributed by atoms with Crippen molar-refractivity contribution in [2.45, 2.75) is 0 Å². The van der Waals surface area contributed by atoms with Gasteiger partial charge in [-0.3, -0.25) is 18.2 Å². The summed E-state index contributed by atoms with van der Waals surface area (Å²) in [6.45, 7) is -0.185. The van der Waals surface area contributed by atoms with Crippen molar-refractivity contribution in [3.8, 4) is 0 Å². The van der Waals surface area contributed by atoms with Crippen molar-refractivity contribution in [1.29, 1.82) is 0 Å². The summed E-state index contributed by atoms with van der Waals surface area (Å²) in [6.07, 6.45) is 0. The van der Waals surface area contributed by atoms with Gasteiger partial charge in [0.1, 0.15) is 0 Å². The zero-order valence-corrected chi connectivity index (χ0v) is 8.75. The predicted octanol–water partition coefficient (Wildman–Crippen LogP) is 0.406. The molecule has 0 saturated carbocycles. The molecule has 1 saturated heterocycles. The molecule has 8 heteroatoms. The van der Waals surface area contributed by atoms with Gasteiger partial charge >= 0.3 is 16.5 Å². The van der Waals surface area contributed by atoms with Gasteiger partial charge in [0, 0.05) is 29.6 Å². The fourth-order valence-corrected chi connectivity index (χ4v) is 1.70. The summed E-state index contributed by atoms with van der Waals surface area (Å²) in [4.78, 5) is 0. The Bertz CT molecular complexity index is 121. The third kappa shape index (κ3) is 3.91. The summed E-state index contributed by atoms with van der Waals surface area (Å²) in [5.74, 6) is 0. The molecule has 1 heterocycles. The molecule has 0 aromatic heterocycles. The van der Waals surface area contributed by atoms with E-state index in [1.807, 2.05) is 0 Å². The second kappa shape index (κ2) is 5.05. The monoisotopic (exact) mass is 181 g/mol. The minimum absolute atomic E-state index is 0. The molecule has 2 atom stereocenters. The van der Waals surface area contributed by atoms with Crippen molar-refractivity contribution in [2.24, 2.45) is 0 Å². The van der Waals surface area contributed by atoms with Crippen LogP contribution in [0.1, 0.15) is 0 Å². The first-order valence-corrected chi connectivity index (χ1v) is 4.25. The first-order valence-electron chi connectivity index (χ1n) is 1.80. The van der Waals surface area contributed by atoms with Crippen LogP contribution in [0.15, 0.2) is 0 Å². The van der Waals surface area contributed by atoms with Crippen molar-refractivity contribution in [3.05, 3.63) is 0 Å². The molecule has 1 aliphatic heterocycles. The maximum absolute atomic E-state index is 10.2. The molecule has 49 valence electrons. The summed E-state index contributed by atoms with van der Waals surface area (Å²) in [5.41, 5.74) is 0. The molecule has 5 nitrogen and oxygen atoms in total. The van der Waals surface area contributed by atoms with Crippen molar-refractivity contribution < 1.29 is 22.5 Å². The quantitative estimate of drug-likeness (QED) is 0.400. The zero-order chi connectivity index (χ0) is 5.98. The first-order chi connectivity index (χ1) is 3.79. The third-order valence-electron chi connectivity index (χ3n) is 0.520. The summed E-state index contributed by atoms with van der Waals surface area (Å²) in [7, 11) is -4.97. The van der Waals surface area contributed by atoms with E-state index in [9.17, 15) is 9.13 Å². The van der Waals surface area contributed by atoms with Crippen molar-refractivity contribution >= 4 is 46.1 Å². The van der Waals surface area contributed by atoms with Gasteiger partial charge in [0.05, 0.1) is 0 Å². The molecule has 0 amide bonds. The van der Waals surface area contributed by atoms with Gasteiger partial charge in [-0.25, -0.2) is 4.31 Å². The molecular formula is CH4NaO5P2. The second-order valence-electron chi connectivity index (χ2n) is 1.01. The topological polar surface area (TPSA) is 61.8 Å². The molecule has 1 rings (SSSR count). The van der Waals surface area contributed by atoms with Crippen LogP contribution in [-0.2, 0) is 22.5 Å². The van der Waals surface area contributed by atoms with E-state index in [0.29, 0.717) is 0 Å². The largest absolute Gasteiger partial charge is 0.328 e. The Hall–Kier alpha value is 1.34. The molecule has 1 radical (unpaired) electrons. The molecule has 0 aromatic carbocycles. The van der Waals surface area contributed by atoms with E-state index in [-0.39, 0.29) is 36.4 Å². The van der Waals surface area contributed by atoms with Crippen LogP contribution in [0.4, 0.5) is 0 Å². The molecule has 0 aliphatic carbocycles. The average Bonchev–Trinajstić information content (AvgIpc) is 1.64. The molecule has 2 unspecified atom stereocenters. The molecule has 0 spiro atoms. The summed E-state index contributed by atoms with van der Waals surface area (Å²) in [5, 5.41) is 0. The van der Waals surface area contributed by atoms with Crippen LogP contribution in [0, 0.1) is 0 Å². The normalized spacial score (nSPS) is 35.1. The van der Waals surface area contributed by atoms with Gasteiger partial charge in [-0.05, 0) is 0 Å². The molecule has 1 aliphatic rings. The molecule has 0 bridgehead atoms. The van der Waals surface area contributed by atoms with E-state index in [1.54, 1.807) is 0 Å². The van der Waals surface area contributed by atoms with E-state index >= 15 is 0 Å². The minimum Gasteiger partial charge on any atom is -0.282 e. The van der Waals surface area contributed by atoms with Crippen LogP contribution in [0.5, 0.6) is 0 Å². The molecule has 0 aromatic rings. The van der Waals surface area contributed by atoms with Crippen molar-refractivity contribution in [1.82, 2.24) is 0 Å². The van der Waals surface area contributed by atoms with E-state index < -0.39 is 16.5 Å². The van der Waals surface area contributed by atoms with Crippen LogP contribution in [-0.4, -0.2) is 36.4 Å². The number of hydrogen-bond acceptors (Lipinski definition) is 5. The summed E-state index contributed by atoms with van der Waals surface area (Å²) >= 11 is 0. The Balaban J connectivity index is 0.000000640.